The number of rotatable bonds is 1. The molecule has 0 spiro atoms. The minimum atomic E-state index is -0.617. The van der Waals surface area contributed by atoms with Gasteiger partial charge in [0, 0.05) is 0 Å². The highest BCUT2D eigenvalue weighted by Gasteiger charge is 2.34. The Morgan fingerprint density at radius 3 is 2.47 bits per heavy atom. The number of nitrogens with one attached hydrogen (secondary N) is 1. The van der Waals surface area contributed by atoms with E-state index in [1.807, 2.05) is 0 Å². The summed E-state index contributed by atoms with van der Waals surface area (Å²) in [4.78, 5) is 24.7. The van der Waals surface area contributed by atoms with Gasteiger partial charge in [0.1, 0.15) is 6.04 Å². The lowest BCUT2D eigenvalue weighted by molar-refractivity contribution is -0.130. The molecule has 1 fully saturated rings. The van der Waals surface area contributed by atoms with E-state index in [2.05, 4.69) is 5.32 Å². The number of nitrogens with zero attached hydrogens (tertiary/aromatic N) is 1. The molecule has 0 bridgehead atoms. The molecule has 2 rings (SSSR count). The number of halogens is 2. The molecular formula is C11H10Cl2N2O2. The number of piperazine rings is 1. The number of anilines is 1. The van der Waals surface area contributed by atoms with Crippen LogP contribution in [0.5, 0.6) is 0 Å². The van der Waals surface area contributed by atoms with Crippen molar-refractivity contribution >= 4 is 40.7 Å². The molecule has 1 aliphatic rings. The molecule has 1 heterocycles. The summed E-state index contributed by atoms with van der Waals surface area (Å²) in [7, 11) is 0. The highest BCUT2D eigenvalue weighted by molar-refractivity contribution is 6.40. The van der Waals surface area contributed by atoms with Gasteiger partial charge in [-0.15, -0.1) is 0 Å². The smallest absolute Gasteiger partial charge is 0.247 e. The molecule has 1 unspecified atom stereocenters. The summed E-state index contributed by atoms with van der Waals surface area (Å²) in [6.45, 7) is 1.59. The van der Waals surface area contributed by atoms with E-state index in [4.69, 9.17) is 23.2 Å². The molecule has 0 aromatic heterocycles. The van der Waals surface area contributed by atoms with E-state index >= 15 is 0 Å². The summed E-state index contributed by atoms with van der Waals surface area (Å²) in [6.07, 6.45) is 0. The van der Waals surface area contributed by atoms with E-state index < -0.39 is 6.04 Å². The van der Waals surface area contributed by atoms with Crippen molar-refractivity contribution in [2.24, 2.45) is 0 Å². The largest absolute Gasteiger partial charge is 0.345 e. The number of hydrogen-bond donors (Lipinski definition) is 1. The summed E-state index contributed by atoms with van der Waals surface area (Å²) in [5, 5.41) is 3.21. The molecule has 4 nitrogen and oxygen atoms in total. The highest BCUT2D eigenvalue weighted by atomic mass is 35.5. The highest BCUT2D eigenvalue weighted by Crippen LogP contribution is 2.35. The van der Waals surface area contributed by atoms with Crippen molar-refractivity contribution in [2.45, 2.75) is 13.0 Å². The summed E-state index contributed by atoms with van der Waals surface area (Å²) < 4.78 is 0. The second-order valence-electron chi connectivity index (χ2n) is 3.73. The van der Waals surface area contributed by atoms with Crippen molar-refractivity contribution in [1.82, 2.24) is 5.32 Å². The van der Waals surface area contributed by atoms with E-state index in [9.17, 15) is 9.59 Å². The van der Waals surface area contributed by atoms with E-state index in [0.717, 1.165) is 0 Å². The molecule has 0 aliphatic carbocycles. The Hall–Kier alpha value is -1.26. The number of carbonyl (C=O) groups is 2. The fraction of sp³-hybridized carbons (Fsp3) is 0.273. The number of para-hydroxylation sites is 1. The van der Waals surface area contributed by atoms with Crippen LogP contribution in [0, 0.1) is 0 Å². The second-order valence-corrected chi connectivity index (χ2v) is 4.54. The first-order valence-electron chi connectivity index (χ1n) is 5.06. The first-order chi connectivity index (χ1) is 8.02. The Kier molecular flexibility index (Phi) is 3.26. The third-order valence-corrected chi connectivity index (χ3v) is 3.24. The molecule has 1 aromatic carbocycles. The molecule has 90 valence electrons. The van der Waals surface area contributed by atoms with Gasteiger partial charge < -0.3 is 5.32 Å². The Morgan fingerprint density at radius 2 is 1.88 bits per heavy atom. The molecule has 6 heteroatoms. The van der Waals surface area contributed by atoms with Crippen LogP contribution in [-0.4, -0.2) is 24.4 Å². The van der Waals surface area contributed by atoms with Gasteiger partial charge in [-0.2, -0.15) is 0 Å². The van der Waals surface area contributed by atoms with Gasteiger partial charge in [-0.3, -0.25) is 14.5 Å². The molecule has 2 amide bonds. The van der Waals surface area contributed by atoms with Gasteiger partial charge in [0.2, 0.25) is 11.8 Å². The Bertz CT molecular complexity index is 470. The summed E-state index contributed by atoms with van der Waals surface area (Å²) in [6, 6.07) is 4.34. The maximum Gasteiger partial charge on any atom is 0.247 e. The first-order valence-corrected chi connectivity index (χ1v) is 5.81. The summed E-state index contributed by atoms with van der Waals surface area (Å²) in [5.41, 5.74) is 0.392. The zero-order valence-electron chi connectivity index (χ0n) is 9.04. The van der Waals surface area contributed by atoms with Gasteiger partial charge in [0.15, 0.2) is 0 Å². The quantitative estimate of drug-likeness (QED) is 0.848. The predicted molar refractivity (Wildman–Crippen MR) is 66.4 cm³/mol. The molecule has 1 saturated heterocycles. The summed E-state index contributed by atoms with van der Waals surface area (Å²) >= 11 is 12.1. The molecule has 0 saturated carbocycles. The first kappa shape index (κ1) is 12.2. The van der Waals surface area contributed by atoms with Gasteiger partial charge in [-0.05, 0) is 19.1 Å². The third-order valence-electron chi connectivity index (χ3n) is 2.63. The number of amides is 2. The second kappa shape index (κ2) is 4.55. The standard InChI is InChI=1S/C11H10Cl2N2O2/c1-6-11(17)14-5-9(16)15(6)10-7(12)3-2-4-8(10)13/h2-4,6H,5H2,1H3,(H,14,17). The minimum absolute atomic E-state index is 0.0370. The average Bonchev–Trinajstić information content (AvgIpc) is 2.28. The van der Waals surface area contributed by atoms with Crippen molar-refractivity contribution in [3.8, 4) is 0 Å². The van der Waals surface area contributed by atoms with Crippen LogP contribution in [0.4, 0.5) is 5.69 Å². The van der Waals surface area contributed by atoms with Gasteiger partial charge in [-0.25, -0.2) is 0 Å². The maximum absolute atomic E-state index is 11.8. The number of hydrogen-bond acceptors (Lipinski definition) is 2. The van der Waals surface area contributed by atoms with Crippen LogP contribution in [0.2, 0.25) is 10.0 Å². The van der Waals surface area contributed by atoms with E-state index in [1.54, 1.807) is 25.1 Å². The molecule has 1 N–H and O–H groups in total. The van der Waals surface area contributed by atoms with Crippen LogP contribution < -0.4 is 10.2 Å². The van der Waals surface area contributed by atoms with Crippen LogP contribution in [0.25, 0.3) is 0 Å². The monoisotopic (exact) mass is 272 g/mol. The van der Waals surface area contributed by atoms with Crippen LogP contribution in [0.1, 0.15) is 6.92 Å². The topological polar surface area (TPSA) is 49.4 Å². The van der Waals surface area contributed by atoms with Crippen molar-refractivity contribution < 1.29 is 9.59 Å². The summed E-state index contributed by atoms with van der Waals surface area (Å²) in [5.74, 6) is -0.451. The lowest BCUT2D eigenvalue weighted by Gasteiger charge is -2.33. The van der Waals surface area contributed by atoms with Crippen molar-refractivity contribution in [3.05, 3.63) is 28.2 Å². The van der Waals surface area contributed by atoms with Crippen LogP contribution in [0.15, 0.2) is 18.2 Å². The predicted octanol–water partition coefficient (Wildman–Crippen LogP) is 1.84. The lowest BCUT2D eigenvalue weighted by atomic mass is 10.1. The van der Waals surface area contributed by atoms with Crippen LogP contribution >= 0.6 is 23.2 Å². The van der Waals surface area contributed by atoms with Gasteiger partial charge in [0.05, 0.1) is 22.3 Å². The Labute approximate surface area is 108 Å². The Balaban J connectivity index is 2.50. The molecule has 1 aromatic rings. The zero-order valence-corrected chi connectivity index (χ0v) is 10.5. The fourth-order valence-corrected chi connectivity index (χ4v) is 2.35. The van der Waals surface area contributed by atoms with E-state index in [1.165, 1.54) is 4.90 Å². The molecule has 1 aliphatic heterocycles. The van der Waals surface area contributed by atoms with Gasteiger partial charge in [0.25, 0.3) is 0 Å². The lowest BCUT2D eigenvalue weighted by Crippen LogP contribution is -2.57. The van der Waals surface area contributed by atoms with Crippen molar-refractivity contribution in [3.63, 3.8) is 0 Å². The van der Waals surface area contributed by atoms with Crippen molar-refractivity contribution in [2.75, 3.05) is 11.4 Å². The van der Waals surface area contributed by atoms with Gasteiger partial charge in [-0.1, -0.05) is 29.3 Å². The maximum atomic E-state index is 11.8. The molecule has 17 heavy (non-hydrogen) atoms. The van der Waals surface area contributed by atoms with Gasteiger partial charge >= 0.3 is 0 Å². The van der Waals surface area contributed by atoms with Crippen LogP contribution in [0.3, 0.4) is 0 Å². The number of carbonyl (C=O) groups excluding carboxylic acids is 2. The molecule has 1 atom stereocenters. The van der Waals surface area contributed by atoms with Crippen molar-refractivity contribution in [1.29, 1.82) is 0 Å². The Morgan fingerprint density at radius 1 is 1.29 bits per heavy atom. The zero-order chi connectivity index (χ0) is 12.6. The fourth-order valence-electron chi connectivity index (χ4n) is 1.77. The third kappa shape index (κ3) is 2.10. The van der Waals surface area contributed by atoms with Crippen LogP contribution in [-0.2, 0) is 9.59 Å². The number of benzene rings is 1. The van der Waals surface area contributed by atoms with E-state index in [-0.39, 0.29) is 18.4 Å². The van der Waals surface area contributed by atoms with E-state index in [0.29, 0.717) is 15.7 Å². The normalized spacial score (nSPS) is 20.4. The SMILES string of the molecule is CC1C(=O)NCC(=O)N1c1c(Cl)cccc1Cl. The minimum Gasteiger partial charge on any atom is -0.345 e. The molecule has 0 radical (unpaired) electrons. The molecular weight excluding hydrogens is 263 g/mol. The average molecular weight is 273 g/mol.